The molecular weight excluding hydrogens is 280 g/mol. The molecule has 3 nitrogen and oxygen atoms in total. The van der Waals surface area contributed by atoms with Gasteiger partial charge in [0.05, 0.1) is 12.2 Å². The van der Waals surface area contributed by atoms with E-state index in [1.807, 2.05) is 0 Å². The van der Waals surface area contributed by atoms with Crippen LogP contribution in [0.3, 0.4) is 0 Å². The van der Waals surface area contributed by atoms with Crippen molar-refractivity contribution in [2.45, 2.75) is 32.6 Å². The molecule has 17 heavy (non-hydrogen) atoms. The monoisotopic (exact) mass is 298 g/mol. The zero-order valence-corrected chi connectivity index (χ0v) is 11.9. The third-order valence-electron chi connectivity index (χ3n) is 3.02. The van der Waals surface area contributed by atoms with Gasteiger partial charge in [-0.25, -0.2) is 0 Å². The Morgan fingerprint density at radius 1 is 1.35 bits per heavy atom. The fourth-order valence-corrected chi connectivity index (χ4v) is 2.81. The lowest BCUT2D eigenvalue weighted by atomic mass is 10.1. The quantitative estimate of drug-likeness (QED) is 0.912. The second kappa shape index (κ2) is 5.38. The van der Waals surface area contributed by atoms with Gasteiger partial charge in [-0.1, -0.05) is 15.9 Å². The summed E-state index contributed by atoms with van der Waals surface area (Å²) >= 11 is 3.49. The molecule has 0 amide bonds. The number of benzene rings is 1. The maximum atomic E-state index is 5.82. The van der Waals surface area contributed by atoms with E-state index in [0.717, 1.165) is 17.6 Å². The van der Waals surface area contributed by atoms with Crippen molar-refractivity contribution in [1.82, 2.24) is 0 Å². The van der Waals surface area contributed by atoms with Gasteiger partial charge in [-0.2, -0.15) is 0 Å². The Morgan fingerprint density at radius 3 is 2.59 bits per heavy atom. The number of nitrogens with two attached hydrogens (primary N) is 1. The number of morpholine rings is 1. The first-order valence-electron chi connectivity index (χ1n) is 5.99. The number of ether oxygens (including phenoxy) is 1. The van der Waals surface area contributed by atoms with Crippen molar-refractivity contribution in [1.29, 1.82) is 0 Å². The van der Waals surface area contributed by atoms with Gasteiger partial charge in [0.1, 0.15) is 0 Å². The molecule has 1 saturated heterocycles. The number of halogens is 1. The molecule has 1 heterocycles. The van der Waals surface area contributed by atoms with E-state index in [-0.39, 0.29) is 12.2 Å². The summed E-state index contributed by atoms with van der Waals surface area (Å²) in [5.74, 6) is 0. The first-order valence-corrected chi connectivity index (χ1v) is 6.78. The smallest absolute Gasteiger partial charge is 0.0726 e. The molecule has 2 unspecified atom stereocenters. The van der Waals surface area contributed by atoms with E-state index in [0.29, 0.717) is 6.54 Å². The summed E-state index contributed by atoms with van der Waals surface area (Å²) in [7, 11) is 0. The molecule has 1 aliphatic heterocycles. The molecule has 94 valence electrons. The van der Waals surface area contributed by atoms with Gasteiger partial charge in [0.2, 0.25) is 0 Å². The average molecular weight is 299 g/mol. The fraction of sp³-hybridized carbons (Fsp3) is 0.538. The van der Waals surface area contributed by atoms with E-state index < -0.39 is 0 Å². The SMILES string of the molecule is CC1CN(c2ccc(Br)cc2CN)CC(C)O1. The lowest BCUT2D eigenvalue weighted by molar-refractivity contribution is -0.00526. The van der Waals surface area contributed by atoms with Gasteiger partial charge in [0.15, 0.2) is 0 Å². The summed E-state index contributed by atoms with van der Waals surface area (Å²) in [6.45, 7) is 6.65. The number of nitrogens with zero attached hydrogens (tertiary/aromatic N) is 1. The zero-order valence-electron chi connectivity index (χ0n) is 10.3. The van der Waals surface area contributed by atoms with Gasteiger partial charge < -0.3 is 15.4 Å². The van der Waals surface area contributed by atoms with E-state index in [4.69, 9.17) is 10.5 Å². The van der Waals surface area contributed by atoms with Crippen LogP contribution >= 0.6 is 15.9 Å². The molecule has 2 rings (SSSR count). The Balaban J connectivity index is 2.26. The highest BCUT2D eigenvalue weighted by atomic mass is 79.9. The third-order valence-corrected chi connectivity index (χ3v) is 3.52. The van der Waals surface area contributed by atoms with Crippen molar-refractivity contribution in [2.24, 2.45) is 5.73 Å². The van der Waals surface area contributed by atoms with E-state index >= 15 is 0 Å². The van der Waals surface area contributed by atoms with Gasteiger partial charge in [0.25, 0.3) is 0 Å². The normalized spacial score (nSPS) is 25.1. The Hall–Kier alpha value is -0.580. The first-order chi connectivity index (χ1) is 8.10. The van der Waals surface area contributed by atoms with Crippen molar-refractivity contribution in [3.05, 3.63) is 28.2 Å². The second-order valence-electron chi connectivity index (χ2n) is 4.64. The zero-order chi connectivity index (χ0) is 12.4. The lowest BCUT2D eigenvalue weighted by Gasteiger charge is -2.37. The van der Waals surface area contributed by atoms with Gasteiger partial charge in [0, 0.05) is 29.8 Å². The number of hydrogen-bond acceptors (Lipinski definition) is 3. The van der Waals surface area contributed by atoms with Crippen LogP contribution in [0.4, 0.5) is 5.69 Å². The van der Waals surface area contributed by atoms with Crippen LogP contribution in [0, 0.1) is 0 Å². The highest BCUT2D eigenvalue weighted by Crippen LogP contribution is 2.27. The lowest BCUT2D eigenvalue weighted by Crippen LogP contribution is -2.45. The molecule has 0 spiro atoms. The van der Waals surface area contributed by atoms with Crippen LogP contribution < -0.4 is 10.6 Å². The standard InChI is InChI=1S/C13H19BrN2O/c1-9-7-16(8-10(2)17-9)13-4-3-12(14)5-11(13)6-15/h3-5,9-10H,6-8,15H2,1-2H3. The highest BCUT2D eigenvalue weighted by molar-refractivity contribution is 9.10. The molecule has 1 aromatic carbocycles. The van der Waals surface area contributed by atoms with Crippen LogP contribution in [-0.4, -0.2) is 25.3 Å². The largest absolute Gasteiger partial charge is 0.372 e. The van der Waals surface area contributed by atoms with Crippen molar-refractivity contribution in [2.75, 3.05) is 18.0 Å². The summed E-state index contributed by atoms with van der Waals surface area (Å²) in [5.41, 5.74) is 8.23. The van der Waals surface area contributed by atoms with Crippen molar-refractivity contribution in [3.8, 4) is 0 Å². The second-order valence-corrected chi connectivity index (χ2v) is 5.56. The summed E-state index contributed by atoms with van der Waals surface area (Å²) in [5, 5.41) is 0. The van der Waals surface area contributed by atoms with E-state index in [2.05, 4.69) is 52.9 Å². The molecule has 2 atom stereocenters. The Kier molecular flexibility index (Phi) is 4.07. The van der Waals surface area contributed by atoms with Crippen LogP contribution in [-0.2, 0) is 11.3 Å². The Labute approximate surface area is 111 Å². The van der Waals surface area contributed by atoms with Crippen LogP contribution in [0.2, 0.25) is 0 Å². The molecule has 4 heteroatoms. The number of hydrogen-bond donors (Lipinski definition) is 1. The first kappa shape index (κ1) is 12.9. The average Bonchev–Trinajstić information content (AvgIpc) is 2.27. The minimum absolute atomic E-state index is 0.271. The highest BCUT2D eigenvalue weighted by Gasteiger charge is 2.23. The van der Waals surface area contributed by atoms with Gasteiger partial charge in [-0.3, -0.25) is 0 Å². The molecule has 1 aliphatic rings. The number of rotatable bonds is 2. The predicted molar refractivity (Wildman–Crippen MR) is 74.3 cm³/mol. The van der Waals surface area contributed by atoms with Gasteiger partial charge in [-0.15, -0.1) is 0 Å². The molecule has 1 fully saturated rings. The molecule has 1 aromatic rings. The molecule has 0 aromatic heterocycles. The van der Waals surface area contributed by atoms with E-state index in [1.54, 1.807) is 0 Å². The maximum Gasteiger partial charge on any atom is 0.0726 e. The van der Waals surface area contributed by atoms with Crippen LogP contribution in [0.15, 0.2) is 22.7 Å². The summed E-state index contributed by atoms with van der Waals surface area (Å²) < 4.78 is 6.83. The minimum atomic E-state index is 0.271. The van der Waals surface area contributed by atoms with Crippen LogP contribution in [0.25, 0.3) is 0 Å². The van der Waals surface area contributed by atoms with Crippen LogP contribution in [0.5, 0.6) is 0 Å². The van der Waals surface area contributed by atoms with Crippen molar-refractivity contribution in [3.63, 3.8) is 0 Å². The van der Waals surface area contributed by atoms with Crippen molar-refractivity contribution < 1.29 is 4.74 Å². The maximum absolute atomic E-state index is 5.82. The topological polar surface area (TPSA) is 38.5 Å². The van der Waals surface area contributed by atoms with Gasteiger partial charge >= 0.3 is 0 Å². The molecule has 2 N–H and O–H groups in total. The summed E-state index contributed by atoms with van der Waals surface area (Å²) in [4.78, 5) is 2.37. The Morgan fingerprint density at radius 2 is 2.00 bits per heavy atom. The third kappa shape index (κ3) is 3.00. The van der Waals surface area contributed by atoms with Crippen molar-refractivity contribution >= 4 is 21.6 Å². The van der Waals surface area contributed by atoms with E-state index in [9.17, 15) is 0 Å². The number of anilines is 1. The van der Waals surface area contributed by atoms with Crippen LogP contribution in [0.1, 0.15) is 19.4 Å². The minimum Gasteiger partial charge on any atom is -0.372 e. The molecule has 0 radical (unpaired) electrons. The summed E-state index contributed by atoms with van der Waals surface area (Å²) in [6.07, 6.45) is 0.543. The molecule has 0 bridgehead atoms. The van der Waals surface area contributed by atoms with E-state index in [1.165, 1.54) is 11.3 Å². The summed E-state index contributed by atoms with van der Waals surface area (Å²) in [6, 6.07) is 6.30. The molecule has 0 saturated carbocycles. The molecule has 0 aliphatic carbocycles. The Bertz CT molecular complexity index is 387. The predicted octanol–water partition coefficient (Wildman–Crippen LogP) is 2.52. The van der Waals surface area contributed by atoms with Gasteiger partial charge in [-0.05, 0) is 37.6 Å². The fourth-order valence-electron chi connectivity index (χ4n) is 2.40. The molecular formula is C13H19BrN2O.